The van der Waals surface area contributed by atoms with Crippen molar-refractivity contribution >= 4 is 5.57 Å². The third-order valence-corrected chi connectivity index (χ3v) is 3.91. The summed E-state index contributed by atoms with van der Waals surface area (Å²) >= 11 is 0. The maximum atomic E-state index is 5.74. The summed E-state index contributed by atoms with van der Waals surface area (Å²) in [5, 5.41) is 0. The fraction of sp³-hybridized carbons (Fsp3) is 0.250. The van der Waals surface area contributed by atoms with Crippen LogP contribution in [0.2, 0.25) is 0 Å². The summed E-state index contributed by atoms with van der Waals surface area (Å²) in [6.45, 7) is 3.81. The molecule has 3 rings (SSSR count). The average molecular weight is 403 g/mol. The van der Waals surface area contributed by atoms with Gasteiger partial charge in [-0.05, 0) is 26.2 Å². The van der Waals surface area contributed by atoms with E-state index < -0.39 is 0 Å². The quantitative estimate of drug-likeness (QED) is 0.377. The van der Waals surface area contributed by atoms with E-state index >= 15 is 0 Å². The molecular formula is C24H29FeNO-6. The summed E-state index contributed by atoms with van der Waals surface area (Å²) in [7, 11) is 4.10. The first-order chi connectivity index (χ1) is 12.7. The van der Waals surface area contributed by atoms with Crippen molar-refractivity contribution in [3.05, 3.63) is 96.1 Å². The standard InChI is InChI=1S/C19H24NO.C5H5.Fe/c1-4-7-19(16-8-5-6-9-16)17-10-12-18(13-11-17)21-15-14-20(2)3;1-2-4-5-3-1;/h5-13H,4,14-15H2,1-3H3;1-5H;/q-1;-5;. The number of nitrogens with zero attached hydrogens (tertiary/aromatic N) is 1. The minimum atomic E-state index is 0. The Labute approximate surface area is 174 Å². The second kappa shape index (κ2) is 13.2. The number of likely N-dealkylation sites (N-methyl/N-ethyl adjacent to an activating group) is 1. The molecule has 0 saturated heterocycles. The van der Waals surface area contributed by atoms with Gasteiger partial charge < -0.3 is 40.0 Å². The van der Waals surface area contributed by atoms with Crippen LogP contribution in [-0.4, -0.2) is 32.1 Å². The molecule has 0 heterocycles. The summed E-state index contributed by atoms with van der Waals surface area (Å²) in [5.74, 6) is 0.930. The Morgan fingerprint density at radius 2 is 1.56 bits per heavy atom. The Morgan fingerprint density at radius 1 is 1.00 bits per heavy atom. The second-order valence-electron chi connectivity index (χ2n) is 6.34. The Balaban J connectivity index is 0.000000526. The molecule has 0 saturated carbocycles. The molecule has 3 aromatic rings. The summed E-state index contributed by atoms with van der Waals surface area (Å²) in [6.07, 6.45) is 3.30. The maximum Gasteiger partial charge on any atom is 0.118 e. The molecule has 0 amide bonds. The fourth-order valence-electron chi connectivity index (χ4n) is 2.56. The molecular weight excluding hydrogens is 374 g/mol. The third kappa shape index (κ3) is 8.44. The van der Waals surface area contributed by atoms with Crippen molar-refractivity contribution in [2.24, 2.45) is 0 Å². The molecule has 0 radical (unpaired) electrons. The van der Waals surface area contributed by atoms with Crippen molar-refractivity contribution in [3.63, 3.8) is 0 Å². The zero-order chi connectivity index (χ0) is 18.6. The Hall–Kier alpha value is -2.06. The normalized spacial score (nSPS) is 10.7. The zero-order valence-electron chi connectivity index (χ0n) is 16.4. The molecule has 0 fully saturated rings. The van der Waals surface area contributed by atoms with Gasteiger partial charge in [0, 0.05) is 23.6 Å². The van der Waals surface area contributed by atoms with Crippen molar-refractivity contribution < 1.29 is 21.8 Å². The van der Waals surface area contributed by atoms with Crippen LogP contribution in [0.4, 0.5) is 0 Å². The van der Waals surface area contributed by atoms with E-state index in [0.29, 0.717) is 6.61 Å². The van der Waals surface area contributed by atoms with Crippen LogP contribution in [0, 0.1) is 0 Å². The minimum absolute atomic E-state index is 0. The summed E-state index contributed by atoms with van der Waals surface area (Å²) in [6, 6.07) is 26.9. The predicted molar refractivity (Wildman–Crippen MR) is 112 cm³/mol. The van der Waals surface area contributed by atoms with Crippen LogP contribution < -0.4 is 4.74 Å². The minimum Gasteiger partial charge on any atom is -0.748 e. The Morgan fingerprint density at radius 3 is 2.04 bits per heavy atom. The Kier molecular flexibility index (Phi) is 11.2. The number of hydrogen-bond donors (Lipinski definition) is 0. The second-order valence-corrected chi connectivity index (χ2v) is 6.34. The number of benzene rings is 1. The van der Waals surface area contributed by atoms with E-state index in [-0.39, 0.29) is 17.1 Å². The summed E-state index contributed by atoms with van der Waals surface area (Å²) in [5.41, 5.74) is 3.81. The van der Waals surface area contributed by atoms with Crippen LogP contribution >= 0.6 is 0 Å². The summed E-state index contributed by atoms with van der Waals surface area (Å²) < 4.78 is 5.74. The van der Waals surface area contributed by atoms with Crippen LogP contribution in [0.3, 0.4) is 0 Å². The van der Waals surface area contributed by atoms with Gasteiger partial charge in [-0.3, -0.25) is 0 Å². The molecule has 0 unspecified atom stereocenters. The molecule has 0 aromatic heterocycles. The number of hydrogen-bond acceptors (Lipinski definition) is 2. The van der Waals surface area contributed by atoms with Gasteiger partial charge in [0.2, 0.25) is 0 Å². The number of ether oxygens (including phenoxy) is 1. The maximum absolute atomic E-state index is 5.74. The van der Waals surface area contributed by atoms with Crippen molar-refractivity contribution in [1.29, 1.82) is 0 Å². The van der Waals surface area contributed by atoms with E-state index in [1.54, 1.807) is 0 Å². The first-order valence-corrected chi connectivity index (χ1v) is 9.17. The third-order valence-electron chi connectivity index (χ3n) is 3.91. The van der Waals surface area contributed by atoms with Crippen LogP contribution in [0.1, 0.15) is 24.5 Å². The van der Waals surface area contributed by atoms with Gasteiger partial charge in [0.05, 0.1) is 0 Å². The van der Waals surface area contributed by atoms with Gasteiger partial charge in [0.1, 0.15) is 12.4 Å². The Bertz CT molecular complexity index is 708. The van der Waals surface area contributed by atoms with Gasteiger partial charge in [0.25, 0.3) is 0 Å². The molecule has 0 N–H and O–H groups in total. The molecule has 0 spiro atoms. The molecule has 2 nitrogen and oxygen atoms in total. The monoisotopic (exact) mass is 403 g/mol. The molecule has 0 aliphatic rings. The molecule has 0 atom stereocenters. The van der Waals surface area contributed by atoms with Crippen LogP contribution in [0.15, 0.2) is 84.9 Å². The molecule has 3 aromatic carbocycles. The predicted octanol–water partition coefficient (Wildman–Crippen LogP) is 5.59. The van der Waals surface area contributed by atoms with Gasteiger partial charge >= 0.3 is 0 Å². The molecule has 0 aliphatic carbocycles. The van der Waals surface area contributed by atoms with Gasteiger partial charge in [0.15, 0.2) is 0 Å². The largest absolute Gasteiger partial charge is 0.748 e. The van der Waals surface area contributed by atoms with E-state index in [4.69, 9.17) is 4.74 Å². The van der Waals surface area contributed by atoms with E-state index in [9.17, 15) is 0 Å². The first kappa shape index (κ1) is 23.0. The van der Waals surface area contributed by atoms with E-state index in [0.717, 1.165) is 18.7 Å². The smallest absolute Gasteiger partial charge is 0.118 e. The number of allylic oxidation sites excluding steroid dienone is 1. The fourth-order valence-corrected chi connectivity index (χ4v) is 2.56. The van der Waals surface area contributed by atoms with Crippen LogP contribution in [0.25, 0.3) is 5.57 Å². The molecule has 0 bridgehead atoms. The molecule has 27 heavy (non-hydrogen) atoms. The van der Waals surface area contributed by atoms with Gasteiger partial charge in [-0.2, -0.15) is 12.1 Å². The van der Waals surface area contributed by atoms with Crippen molar-refractivity contribution in [1.82, 2.24) is 4.90 Å². The SMILES string of the molecule is CCC=C(c1ccc(OCCN(C)C)cc1)[c-]1cccc1.[Fe].[cH-]1[cH-][cH-][cH-][cH-]1. The van der Waals surface area contributed by atoms with E-state index in [2.05, 4.69) is 66.4 Å². The molecule has 3 heteroatoms. The van der Waals surface area contributed by atoms with Crippen molar-refractivity contribution in [3.8, 4) is 5.75 Å². The van der Waals surface area contributed by atoms with E-state index in [1.165, 1.54) is 16.7 Å². The van der Waals surface area contributed by atoms with Crippen molar-refractivity contribution in [2.75, 3.05) is 27.2 Å². The van der Waals surface area contributed by atoms with Gasteiger partial charge in [-0.15, -0.1) is 23.8 Å². The zero-order valence-corrected chi connectivity index (χ0v) is 17.5. The van der Waals surface area contributed by atoms with E-state index in [1.807, 2.05) is 44.4 Å². The van der Waals surface area contributed by atoms with Gasteiger partial charge in [-0.25, -0.2) is 0 Å². The van der Waals surface area contributed by atoms with Crippen LogP contribution in [-0.2, 0) is 17.1 Å². The topological polar surface area (TPSA) is 12.5 Å². The number of rotatable bonds is 7. The first-order valence-electron chi connectivity index (χ1n) is 9.17. The average Bonchev–Trinajstić information content (AvgIpc) is 3.36. The molecule has 0 aliphatic heterocycles. The van der Waals surface area contributed by atoms with Crippen LogP contribution in [0.5, 0.6) is 5.75 Å². The van der Waals surface area contributed by atoms with Crippen molar-refractivity contribution in [2.45, 2.75) is 13.3 Å². The molecule has 150 valence electrons. The van der Waals surface area contributed by atoms with Gasteiger partial charge in [-0.1, -0.05) is 36.6 Å². The summed E-state index contributed by atoms with van der Waals surface area (Å²) in [4.78, 5) is 2.12.